The molecule has 0 saturated heterocycles. The number of carbonyl (C=O) groups excluding carboxylic acids is 1. The molecule has 4 nitrogen and oxygen atoms in total. The second-order valence-electron chi connectivity index (χ2n) is 3.09. The van der Waals surface area contributed by atoms with Gasteiger partial charge in [-0.3, -0.25) is 4.90 Å². The molecule has 0 aliphatic rings. The average Bonchev–Trinajstić information content (AvgIpc) is 2.18. The molecule has 0 heterocycles. The number of carbonyl (C=O) groups is 1. The van der Waals surface area contributed by atoms with Crippen molar-refractivity contribution < 1.29 is 4.79 Å². The SMILES string of the molecule is CNCc1ccc(N(C)C(N)=O)cc1. The molecular weight excluding hydrogens is 178 g/mol. The van der Waals surface area contributed by atoms with E-state index in [1.807, 2.05) is 31.3 Å². The van der Waals surface area contributed by atoms with Crippen molar-refractivity contribution in [2.24, 2.45) is 5.73 Å². The lowest BCUT2D eigenvalue weighted by Gasteiger charge is -2.14. The summed E-state index contributed by atoms with van der Waals surface area (Å²) in [6.07, 6.45) is 0. The number of hydrogen-bond acceptors (Lipinski definition) is 2. The van der Waals surface area contributed by atoms with E-state index in [0.717, 1.165) is 12.2 Å². The molecule has 0 aromatic heterocycles. The summed E-state index contributed by atoms with van der Waals surface area (Å²) in [5, 5.41) is 3.05. The van der Waals surface area contributed by atoms with Gasteiger partial charge in [-0.15, -0.1) is 0 Å². The Labute approximate surface area is 83.7 Å². The minimum Gasteiger partial charge on any atom is -0.351 e. The number of amides is 2. The predicted molar refractivity (Wildman–Crippen MR) is 57.2 cm³/mol. The summed E-state index contributed by atoms with van der Waals surface area (Å²) in [4.78, 5) is 12.3. The molecule has 0 atom stereocenters. The fourth-order valence-electron chi connectivity index (χ4n) is 1.17. The Morgan fingerprint density at radius 3 is 2.43 bits per heavy atom. The topological polar surface area (TPSA) is 58.4 Å². The Balaban J connectivity index is 2.77. The van der Waals surface area contributed by atoms with Gasteiger partial charge in [0, 0.05) is 19.3 Å². The van der Waals surface area contributed by atoms with Crippen LogP contribution in [0.2, 0.25) is 0 Å². The first kappa shape index (κ1) is 10.5. The van der Waals surface area contributed by atoms with Gasteiger partial charge < -0.3 is 11.1 Å². The molecular formula is C10H15N3O. The zero-order valence-electron chi connectivity index (χ0n) is 8.45. The highest BCUT2D eigenvalue weighted by Gasteiger charge is 2.04. The van der Waals surface area contributed by atoms with Gasteiger partial charge in [0.1, 0.15) is 0 Å². The first-order valence-corrected chi connectivity index (χ1v) is 4.42. The summed E-state index contributed by atoms with van der Waals surface area (Å²) in [6.45, 7) is 0.820. The third-order valence-corrected chi connectivity index (χ3v) is 2.04. The maximum absolute atomic E-state index is 10.8. The third kappa shape index (κ3) is 2.47. The summed E-state index contributed by atoms with van der Waals surface area (Å²) in [5.41, 5.74) is 7.12. The lowest BCUT2D eigenvalue weighted by Crippen LogP contribution is -2.31. The maximum Gasteiger partial charge on any atom is 0.318 e. The molecule has 14 heavy (non-hydrogen) atoms. The summed E-state index contributed by atoms with van der Waals surface area (Å²) in [6, 6.07) is 7.22. The van der Waals surface area contributed by atoms with E-state index in [2.05, 4.69) is 5.32 Å². The van der Waals surface area contributed by atoms with Gasteiger partial charge in [0.2, 0.25) is 0 Å². The Morgan fingerprint density at radius 1 is 1.43 bits per heavy atom. The second-order valence-corrected chi connectivity index (χ2v) is 3.09. The fourth-order valence-corrected chi connectivity index (χ4v) is 1.17. The molecule has 1 aromatic rings. The molecule has 2 amide bonds. The van der Waals surface area contributed by atoms with Crippen LogP contribution >= 0.6 is 0 Å². The van der Waals surface area contributed by atoms with Crippen LogP contribution in [0, 0.1) is 0 Å². The van der Waals surface area contributed by atoms with E-state index in [4.69, 9.17) is 5.73 Å². The first-order chi connectivity index (χ1) is 6.65. The Morgan fingerprint density at radius 2 is 2.00 bits per heavy atom. The lowest BCUT2D eigenvalue weighted by molar-refractivity contribution is 0.255. The smallest absolute Gasteiger partial charge is 0.318 e. The normalized spacial score (nSPS) is 9.86. The highest BCUT2D eigenvalue weighted by atomic mass is 16.2. The number of anilines is 1. The predicted octanol–water partition coefficient (Wildman–Crippen LogP) is 0.921. The van der Waals surface area contributed by atoms with E-state index in [1.165, 1.54) is 10.5 Å². The Bertz CT molecular complexity index is 308. The van der Waals surface area contributed by atoms with Crippen LogP contribution < -0.4 is 16.0 Å². The number of nitrogens with zero attached hydrogens (tertiary/aromatic N) is 1. The van der Waals surface area contributed by atoms with Crippen LogP contribution in [-0.4, -0.2) is 20.1 Å². The van der Waals surface area contributed by atoms with Gasteiger partial charge in [-0.05, 0) is 24.7 Å². The highest BCUT2D eigenvalue weighted by molar-refractivity contribution is 5.89. The molecule has 0 spiro atoms. The van der Waals surface area contributed by atoms with Crippen molar-refractivity contribution in [3.63, 3.8) is 0 Å². The summed E-state index contributed by atoms with van der Waals surface area (Å²) in [5.74, 6) is 0. The average molecular weight is 193 g/mol. The number of rotatable bonds is 3. The number of hydrogen-bond donors (Lipinski definition) is 2. The van der Waals surface area contributed by atoms with E-state index in [-0.39, 0.29) is 0 Å². The Hall–Kier alpha value is -1.55. The van der Waals surface area contributed by atoms with Crippen molar-refractivity contribution in [2.45, 2.75) is 6.54 Å². The largest absolute Gasteiger partial charge is 0.351 e. The van der Waals surface area contributed by atoms with Crippen molar-refractivity contribution in [1.29, 1.82) is 0 Å². The molecule has 0 saturated carbocycles. The summed E-state index contributed by atoms with van der Waals surface area (Å²) >= 11 is 0. The highest BCUT2D eigenvalue weighted by Crippen LogP contribution is 2.13. The number of nitrogens with one attached hydrogen (secondary N) is 1. The quantitative estimate of drug-likeness (QED) is 0.750. The standard InChI is InChI=1S/C10H15N3O/c1-12-7-8-3-5-9(6-4-8)13(2)10(11)14/h3-6,12H,7H2,1-2H3,(H2,11,14). The second kappa shape index (κ2) is 4.62. The molecule has 0 bridgehead atoms. The van der Waals surface area contributed by atoms with Crippen LogP contribution in [0.15, 0.2) is 24.3 Å². The van der Waals surface area contributed by atoms with Crippen molar-refractivity contribution in [1.82, 2.24) is 5.32 Å². The summed E-state index contributed by atoms with van der Waals surface area (Å²) in [7, 11) is 3.54. The van der Waals surface area contributed by atoms with Crippen LogP contribution in [0.5, 0.6) is 0 Å². The molecule has 4 heteroatoms. The zero-order chi connectivity index (χ0) is 10.6. The van der Waals surface area contributed by atoms with E-state index < -0.39 is 6.03 Å². The summed E-state index contributed by atoms with van der Waals surface area (Å²) < 4.78 is 0. The van der Waals surface area contributed by atoms with Crippen molar-refractivity contribution in [3.05, 3.63) is 29.8 Å². The molecule has 76 valence electrons. The zero-order valence-corrected chi connectivity index (χ0v) is 8.45. The van der Waals surface area contributed by atoms with E-state index in [1.54, 1.807) is 7.05 Å². The van der Waals surface area contributed by atoms with Crippen LogP contribution in [0.4, 0.5) is 10.5 Å². The third-order valence-electron chi connectivity index (χ3n) is 2.04. The first-order valence-electron chi connectivity index (χ1n) is 4.42. The van der Waals surface area contributed by atoms with Gasteiger partial charge >= 0.3 is 6.03 Å². The van der Waals surface area contributed by atoms with Crippen LogP contribution in [-0.2, 0) is 6.54 Å². The number of benzene rings is 1. The molecule has 1 aromatic carbocycles. The van der Waals surface area contributed by atoms with Crippen LogP contribution in [0.3, 0.4) is 0 Å². The number of primary amides is 1. The van der Waals surface area contributed by atoms with E-state index >= 15 is 0 Å². The molecule has 0 fully saturated rings. The lowest BCUT2D eigenvalue weighted by atomic mass is 10.2. The van der Waals surface area contributed by atoms with Crippen molar-refractivity contribution in [3.8, 4) is 0 Å². The van der Waals surface area contributed by atoms with Crippen molar-refractivity contribution in [2.75, 3.05) is 19.0 Å². The number of nitrogens with two attached hydrogens (primary N) is 1. The van der Waals surface area contributed by atoms with E-state index in [9.17, 15) is 4.79 Å². The van der Waals surface area contributed by atoms with Gasteiger partial charge in [0.25, 0.3) is 0 Å². The molecule has 0 aliphatic heterocycles. The van der Waals surface area contributed by atoms with Crippen molar-refractivity contribution >= 4 is 11.7 Å². The van der Waals surface area contributed by atoms with Gasteiger partial charge in [0.05, 0.1) is 0 Å². The van der Waals surface area contributed by atoms with Gasteiger partial charge in [0.15, 0.2) is 0 Å². The van der Waals surface area contributed by atoms with Gasteiger partial charge in [-0.1, -0.05) is 12.1 Å². The molecule has 1 rings (SSSR count). The van der Waals surface area contributed by atoms with Gasteiger partial charge in [-0.25, -0.2) is 4.79 Å². The molecule has 0 aliphatic carbocycles. The van der Waals surface area contributed by atoms with Crippen LogP contribution in [0.25, 0.3) is 0 Å². The molecule has 0 radical (unpaired) electrons. The number of urea groups is 1. The fraction of sp³-hybridized carbons (Fsp3) is 0.300. The molecule has 0 unspecified atom stereocenters. The van der Waals surface area contributed by atoms with E-state index in [0.29, 0.717) is 0 Å². The minimum absolute atomic E-state index is 0.452. The maximum atomic E-state index is 10.8. The minimum atomic E-state index is -0.452. The molecule has 3 N–H and O–H groups in total. The monoisotopic (exact) mass is 193 g/mol. The van der Waals surface area contributed by atoms with Gasteiger partial charge in [-0.2, -0.15) is 0 Å². The van der Waals surface area contributed by atoms with Crippen LogP contribution in [0.1, 0.15) is 5.56 Å². The Kier molecular flexibility index (Phi) is 3.48.